The number of hydrogen-bond acceptors (Lipinski definition) is 5. The number of nitriles is 1. The number of thioether (sulfide) groups is 1. The Morgan fingerprint density at radius 1 is 1.43 bits per heavy atom. The zero-order valence-corrected chi connectivity index (χ0v) is 13.3. The number of hydrogen-bond donors (Lipinski definition) is 0. The van der Waals surface area contributed by atoms with Crippen LogP contribution in [0.3, 0.4) is 0 Å². The van der Waals surface area contributed by atoms with E-state index in [4.69, 9.17) is 11.6 Å². The molecule has 0 atom stereocenters. The van der Waals surface area contributed by atoms with Gasteiger partial charge in [0.1, 0.15) is 17.6 Å². The summed E-state index contributed by atoms with van der Waals surface area (Å²) in [5, 5.41) is 9.97. The minimum atomic E-state index is -0.663. The molecule has 0 aliphatic heterocycles. The van der Waals surface area contributed by atoms with Crippen LogP contribution >= 0.6 is 23.4 Å². The van der Waals surface area contributed by atoms with Gasteiger partial charge in [-0.25, -0.2) is 14.4 Å². The predicted octanol–water partition coefficient (Wildman–Crippen LogP) is 3.17. The molecule has 0 saturated carbocycles. The molecule has 1 aromatic carbocycles. The lowest BCUT2D eigenvalue weighted by Crippen LogP contribution is -2.21. The molecule has 5 nitrogen and oxygen atoms in total. The van der Waals surface area contributed by atoms with Gasteiger partial charge >= 0.3 is 0 Å². The van der Waals surface area contributed by atoms with Crippen LogP contribution in [0.4, 0.5) is 4.39 Å². The minimum absolute atomic E-state index is 0.0667. The van der Waals surface area contributed by atoms with E-state index in [0.717, 1.165) is 4.57 Å². The number of halogens is 2. The average molecular weight is 347 g/mol. The number of para-hydroxylation sites is 1. The third-order valence-electron chi connectivity index (χ3n) is 3.21. The summed E-state index contributed by atoms with van der Waals surface area (Å²) < 4.78 is 15.1. The van der Waals surface area contributed by atoms with Gasteiger partial charge in [-0.1, -0.05) is 29.4 Å². The summed E-state index contributed by atoms with van der Waals surface area (Å²) in [5.74, 6) is -0.663. The molecule has 2 aromatic heterocycles. The first kappa shape index (κ1) is 15.5. The number of pyridine rings is 1. The van der Waals surface area contributed by atoms with Gasteiger partial charge in [-0.15, -0.1) is 0 Å². The van der Waals surface area contributed by atoms with Crippen molar-refractivity contribution in [2.45, 2.75) is 5.16 Å². The summed E-state index contributed by atoms with van der Waals surface area (Å²) in [6, 6.07) is 6.07. The summed E-state index contributed by atoms with van der Waals surface area (Å²) in [6.07, 6.45) is 4.36. The number of aromatic nitrogens is 3. The molecule has 114 valence electrons. The lowest BCUT2D eigenvalue weighted by atomic mass is 10.2. The van der Waals surface area contributed by atoms with Crippen molar-refractivity contribution in [3.63, 3.8) is 0 Å². The second-order valence-corrected chi connectivity index (χ2v) is 5.70. The summed E-state index contributed by atoms with van der Waals surface area (Å²) in [5.41, 5.74) is -0.276. The second-order valence-electron chi connectivity index (χ2n) is 4.52. The molecule has 0 saturated heterocycles. The van der Waals surface area contributed by atoms with E-state index in [1.54, 1.807) is 6.26 Å². The fourth-order valence-electron chi connectivity index (χ4n) is 2.17. The lowest BCUT2D eigenvalue weighted by molar-refractivity contribution is 0.616. The van der Waals surface area contributed by atoms with E-state index in [1.165, 1.54) is 42.4 Å². The lowest BCUT2D eigenvalue weighted by Gasteiger charge is -2.11. The number of benzene rings is 1. The first-order valence-electron chi connectivity index (χ1n) is 6.37. The molecule has 0 bridgehead atoms. The van der Waals surface area contributed by atoms with E-state index in [0.29, 0.717) is 5.16 Å². The summed E-state index contributed by atoms with van der Waals surface area (Å²) >= 11 is 7.31. The standard InChI is InChI=1S/C15H8ClFN4OS/c1-23-15-19-6-9-12(20-15)8(5-18)7-21(14(9)22)13-10(16)3-2-4-11(13)17/h2-4,6-7H,1H3. The van der Waals surface area contributed by atoms with Gasteiger partial charge in [0, 0.05) is 12.4 Å². The topological polar surface area (TPSA) is 71.6 Å². The molecule has 8 heteroatoms. The molecular weight excluding hydrogens is 339 g/mol. The maximum absolute atomic E-state index is 14.1. The van der Waals surface area contributed by atoms with Crippen LogP contribution in [0.15, 0.2) is 40.5 Å². The van der Waals surface area contributed by atoms with Crippen molar-refractivity contribution >= 4 is 34.3 Å². The van der Waals surface area contributed by atoms with E-state index < -0.39 is 11.4 Å². The minimum Gasteiger partial charge on any atom is -0.278 e. The smallest absolute Gasteiger partial charge is 0.266 e. The van der Waals surface area contributed by atoms with Crippen molar-refractivity contribution in [2.24, 2.45) is 0 Å². The Hall–Kier alpha value is -2.43. The van der Waals surface area contributed by atoms with Gasteiger partial charge < -0.3 is 0 Å². The third kappa shape index (κ3) is 2.56. The van der Waals surface area contributed by atoms with E-state index >= 15 is 0 Å². The van der Waals surface area contributed by atoms with Crippen LogP contribution in [0.25, 0.3) is 16.6 Å². The maximum atomic E-state index is 14.1. The Kier molecular flexibility index (Phi) is 4.03. The first-order chi connectivity index (χ1) is 11.1. The highest BCUT2D eigenvalue weighted by atomic mass is 35.5. The number of fused-ring (bicyclic) bond motifs is 1. The second kappa shape index (κ2) is 5.99. The van der Waals surface area contributed by atoms with Crippen LogP contribution in [0.5, 0.6) is 0 Å². The van der Waals surface area contributed by atoms with Crippen molar-refractivity contribution in [3.8, 4) is 11.8 Å². The van der Waals surface area contributed by atoms with Crippen LogP contribution in [0, 0.1) is 17.1 Å². The van der Waals surface area contributed by atoms with Crippen LogP contribution in [-0.4, -0.2) is 20.8 Å². The summed E-state index contributed by atoms with van der Waals surface area (Å²) in [4.78, 5) is 20.9. The third-order valence-corrected chi connectivity index (χ3v) is 4.08. The van der Waals surface area contributed by atoms with Gasteiger partial charge in [-0.2, -0.15) is 5.26 Å². The average Bonchev–Trinajstić information content (AvgIpc) is 2.56. The van der Waals surface area contributed by atoms with E-state index in [9.17, 15) is 14.4 Å². The van der Waals surface area contributed by atoms with E-state index in [1.807, 2.05) is 6.07 Å². The molecule has 0 aliphatic carbocycles. The van der Waals surface area contributed by atoms with Gasteiger partial charge in [0.2, 0.25) is 0 Å². The molecule has 0 aliphatic rings. The Morgan fingerprint density at radius 2 is 2.22 bits per heavy atom. The highest BCUT2D eigenvalue weighted by Gasteiger charge is 2.16. The normalized spacial score (nSPS) is 10.7. The van der Waals surface area contributed by atoms with Crippen molar-refractivity contribution in [3.05, 3.63) is 57.3 Å². The largest absolute Gasteiger partial charge is 0.278 e. The van der Waals surface area contributed by atoms with Crippen LogP contribution in [0.1, 0.15) is 5.56 Å². The number of nitrogens with zero attached hydrogens (tertiary/aromatic N) is 4. The predicted molar refractivity (Wildman–Crippen MR) is 86.6 cm³/mol. The van der Waals surface area contributed by atoms with Gasteiger partial charge in [0.25, 0.3) is 5.56 Å². The van der Waals surface area contributed by atoms with Crippen molar-refractivity contribution in [1.29, 1.82) is 5.26 Å². The molecule has 0 radical (unpaired) electrons. The molecule has 23 heavy (non-hydrogen) atoms. The monoisotopic (exact) mass is 346 g/mol. The molecule has 0 amide bonds. The van der Waals surface area contributed by atoms with Crippen molar-refractivity contribution < 1.29 is 4.39 Å². The highest BCUT2D eigenvalue weighted by molar-refractivity contribution is 7.98. The molecule has 2 heterocycles. The Balaban J connectivity index is 2.43. The molecule has 0 fully saturated rings. The van der Waals surface area contributed by atoms with Crippen LogP contribution < -0.4 is 5.56 Å². The zero-order valence-electron chi connectivity index (χ0n) is 11.7. The van der Waals surface area contributed by atoms with Crippen molar-refractivity contribution in [1.82, 2.24) is 14.5 Å². The molecule has 3 rings (SSSR count). The Bertz CT molecular complexity index is 1010. The van der Waals surface area contributed by atoms with Gasteiger partial charge in [-0.05, 0) is 18.4 Å². The fourth-order valence-corrected chi connectivity index (χ4v) is 2.77. The van der Waals surface area contributed by atoms with Gasteiger partial charge in [0.15, 0.2) is 5.16 Å². The number of rotatable bonds is 2. The van der Waals surface area contributed by atoms with Crippen LogP contribution in [-0.2, 0) is 0 Å². The molecular formula is C15H8ClFN4OS. The van der Waals surface area contributed by atoms with Gasteiger partial charge in [0.05, 0.1) is 21.5 Å². The zero-order chi connectivity index (χ0) is 16.6. The van der Waals surface area contributed by atoms with Crippen molar-refractivity contribution in [2.75, 3.05) is 6.26 Å². The molecule has 0 N–H and O–H groups in total. The first-order valence-corrected chi connectivity index (χ1v) is 7.98. The summed E-state index contributed by atoms with van der Waals surface area (Å²) in [7, 11) is 0. The Morgan fingerprint density at radius 3 is 2.87 bits per heavy atom. The molecule has 3 aromatic rings. The van der Waals surface area contributed by atoms with E-state index in [2.05, 4.69) is 9.97 Å². The highest BCUT2D eigenvalue weighted by Crippen LogP contribution is 2.24. The van der Waals surface area contributed by atoms with E-state index in [-0.39, 0.29) is 27.2 Å². The Labute approximate surface area is 139 Å². The van der Waals surface area contributed by atoms with Gasteiger partial charge in [-0.3, -0.25) is 9.36 Å². The van der Waals surface area contributed by atoms with Crippen LogP contribution in [0.2, 0.25) is 5.02 Å². The summed E-state index contributed by atoms with van der Waals surface area (Å²) in [6.45, 7) is 0. The molecule has 0 unspecified atom stereocenters. The SMILES string of the molecule is CSc1ncc2c(=O)n(-c3c(F)cccc3Cl)cc(C#N)c2n1. The molecule has 0 spiro atoms. The fraction of sp³-hybridized carbons (Fsp3) is 0.0667. The maximum Gasteiger partial charge on any atom is 0.266 e. The quantitative estimate of drug-likeness (QED) is 0.526.